The molecule has 2 rings (SSSR count). The quantitative estimate of drug-likeness (QED) is 0.797. The minimum Gasteiger partial charge on any atom is -0.388 e. The maximum Gasteiger partial charge on any atom is 0.143 e. The van der Waals surface area contributed by atoms with Crippen molar-refractivity contribution in [1.29, 1.82) is 0 Å². The predicted octanol–water partition coefficient (Wildman–Crippen LogP) is 5.17. The molecule has 0 spiro atoms. The molecule has 2 aromatic carbocycles. The number of benzene rings is 2. The molecular formula is C14H10BrCl2FO. The van der Waals surface area contributed by atoms with Crippen LogP contribution < -0.4 is 0 Å². The van der Waals surface area contributed by atoms with Gasteiger partial charge in [0.1, 0.15) is 5.82 Å². The first-order valence-electron chi connectivity index (χ1n) is 5.55. The zero-order chi connectivity index (χ0) is 14.0. The van der Waals surface area contributed by atoms with Crippen LogP contribution in [0.15, 0.2) is 40.9 Å². The third-order valence-corrected chi connectivity index (χ3v) is 4.11. The largest absolute Gasteiger partial charge is 0.388 e. The summed E-state index contributed by atoms with van der Waals surface area (Å²) in [5, 5.41) is 11.0. The molecule has 5 heteroatoms. The second-order valence-electron chi connectivity index (χ2n) is 4.11. The van der Waals surface area contributed by atoms with E-state index in [4.69, 9.17) is 23.2 Å². The molecule has 0 radical (unpaired) electrons. The van der Waals surface area contributed by atoms with E-state index in [0.29, 0.717) is 14.5 Å². The summed E-state index contributed by atoms with van der Waals surface area (Å²) >= 11 is 14.8. The summed E-state index contributed by atoms with van der Waals surface area (Å²) in [5.74, 6) is -0.449. The maximum atomic E-state index is 13.8. The van der Waals surface area contributed by atoms with Crippen LogP contribution in [0.2, 0.25) is 10.0 Å². The predicted molar refractivity (Wildman–Crippen MR) is 79.2 cm³/mol. The standard InChI is InChI=1S/C14H10BrCl2FO/c15-10-3-1-2-9(14(10)18)13(19)7-8-4-5-11(16)12(17)6-8/h1-6,13,19H,7H2. The molecule has 0 bridgehead atoms. The second kappa shape index (κ2) is 6.23. The molecule has 0 aliphatic heterocycles. The van der Waals surface area contributed by atoms with Crippen LogP contribution >= 0.6 is 39.1 Å². The highest BCUT2D eigenvalue weighted by Crippen LogP contribution is 2.28. The number of halogens is 4. The van der Waals surface area contributed by atoms with Crippen molar-refractivity contribution >= 4 is 39.1 Å². The number of aliphatic hydroxyl groups is 1. The molecule has 1 atom stereocenters. The van der Waals surface area contributed by atoms with E-state index in [-0.39, 0.29) is 12.0 Å². The third-order valence-electron chi connectivity index (χ3n) is 2.75. The maximum absolute atomic E-state index is 13.8. The molecule has 1 N–H and O–H groups in total. The van der Waals surface area contributed by atoms with Crippen LogP contribution in [0, 0.1) is 5.82 Å². The monoisotopic (exact) mass is 362 g/mol. The van der Waals surface area contributed by atoms with Gasteiger partial charge in [0.25, 0.3) is 0 Å². The van der Waals surface area contributed by atoms with E-state index in [2.05, 4.69) is 15.9 Å². The van der Waals surface area contributed by atoms with Gasteiger partial charge in [0.2, 0.25) is 0 Å². The van der Waals surface area contributed by atoms with Crippen molar-refractivity contribution < 1.29 is 9.50 Å². The van der Waals surface area contributed by atoms with Crippen molar-refractivity contribution in [3.05, 3.63) is 67.9 Å². The lowest BCUT2D eigenvalue weighted by atomic mass is 10.0. The molecule has 0 amide bonds. The average molecular weight is 364 g/mol. The molecule has 0 aliphatic rings. The van der Waals surface area contributed by atoms with Crippen LogP contribution in [0.4, 0.5) is 4.39 Å². The van der Waals surface area contributed by atoms with Gasteiger partial charge in [-0.05, 0) is 39.7 Å². The van der Waals surface area contributed by atoms with Gasteiger partial charge in [-0.25, -0.2) is 4.39 Å². The summed E-state index contributed by atoms with van der Waals surface area (Å²) in [6.07, 6.45) is -0.667. The summed E-state index contributed by atoms with van der Waals surface area (Å²) in [6, 6.07) is 9.91. The Bertz CT molecular complexity index is 604. The lowest BCUT2D eigenvalue weighted by Crippen LogP contribution is -2.04. The highest BCUT2D eigenvalue weighted by molar-refractivity contribution is 9.10. The van der Waals surface area contributed by atoms with Crippen molar-refractivity contribution in [2.75, 3.05) is 0 Å². The van der Waals surface area contributed by atoms with E-state index in [1.807, 2.05) is 0 Å². The van der Waals surface area contributed by atoms with Gasteiger partial charge < -0.3 is 5.11 Å². The molecule has 0 aliphatic carbocycles. The first-order chi connectivity index (χ1) is 8.99. The fourth-order valence-corrected chi connectivity index (χ4v) is 2.48. The Hall–Kier alpha value is -0.610. The summed E-state index contributed by atoms with van der Waals surface area (Å²) in [5.41, 5.74) is 1.04. The van der Waals surface area contributed by atoms with E-state index in [0.717, 1.165) is 5.56 Å². The summed E-state index contributed by atoms with van der Waals surface area (Å²) < 4.78 is 14.2. The highest BCUT2D eigenvalue weighted by Gasteiger charge is 2.15. The zero-order valence-corrected chi connectivity index (χ0v) is 12.8. The summed E-state index contributed by atoms with van der Waals surface area (Å²) in [7, 11) is 0. The Labute approximate surface area is 129 Å². The van der Waals surface area contributed by atoms with Gasteiger partial charge in [0.05, 0.1) is 20.6 Å². The number of rotatable bonds is 3. The van der Waals surface area contributed by atoms with Crippen LogP contribution in [0.1, 0.15) is 17.2 Å². The second-order valence-corrected chi connectivity index (χ2v) is 5.78. The Morgan fingerprint density at radius 1 is 1.16 bits per heavy atom. The van der Waals surface area contributed by atoms with E-state index < -0.39 is 11.9 Å². The van der Waals surface area contributed by atoms with Crippen LogP contribution in [-0.2, 0) is 6.42 Å². The molecule has 0 heterocycles. The Balaban J connectivity index is 2.23. The molecule has 19 heavy (non-hydrogen) atoms. The van der Waals surface area contributed by atoms with Crippen LogP contribution in [0.3, 0.4) is 0 Å². The van der Waals surface area contributed by atoms with Gasteiger partial charge in [0, 0.05) is 12.0 Å². The van der Waals surface area contributed by atoms with Crippen LogP contribution in [0.5, 0.6) is 0 Å². The topological polar surface area (TPSA) is 20.2 Å². The number of hydrogen-bond acceptors (Lipinski definition) is 1. The van der Waals surface area contributed by atoms with Gasteiger partial charge in [0.15, 0.2) is 0 Å². The molecule has 0 saturated carbocycles. The van der Waals surface area contributed by atoms with Crippen molar-refractivity contribution in [3.8, 4) is 0 Å². The lowest BCUT2D eigenvalue weighted by Gasteiger charge is -2.13. The highest BCUT2D eigenvalue weighted by atomic mass is 79.9. The molecule has 100 valence electrons. The SMILES string of the molecule is OC(Cc1ccc(Cl)c(Cl)c1)c1cccc(Br)c1F. The molecule has 0 saturated heterocycles. The number of aliphatic hydroxyl groups excluding tert-OH is 1. The van der Waals surface area contributed by atoms with Crippen molar-refractivity contribution in [2.45, 2.75) is 12.5 Å². The molecule has 0 aromatic heterocycles. The van der Waals surface area contributed by atoms with Crippen molar-refractivity contribution in [2.24, 2.45) is 0 Å². The summed E-state index contributed by atoms with van der Waals surface area (Å²) in [6.45, 7) is 0. The van der Waals surface area contributed by atoms with Gasteiger partial charge in [-0.15, -0.1) is 0 Å². The molecule has 1 nitrogen and oxygen atoms in total. The number of hydrogen-bond donors (Lipinski definition) is 1. The normalized spacial score (nSPS) is 12.5. The van der Waals surface area contributed by atoms with Crippen LogP contribution in [0.25, 0.3) is 0 Å². The molecule has 2 aromatic rings. The lowest BCUT2D eigenvalue weighted by molar-refractivity contribution is 0.173. The van der Waals surface area contributed by atoms with E-state index in [1.54, 1.807) is 36.4 Å². The first-order valence-corrected chi connectivity index (χ1v) is 7.10. The van der Waals surface area contributed by atoms with Crippen molar-refractivity contribution in [3.63, 3.8) is 0 Å². The molecule has 0 fully saturated rings. The molecular weight excluding hydrogens is 354 g/mol. The average Bonchev–Trinajstić information content (AvgIpc) is 2.37. The van der Waals surface area contributed by atoms with Gasteiger partial charge in [-0.3, -0.25) is 0 Å². The first kappa shape index (κ1) is 14.8. The Morgan fingerprint density at radius 3 is 2.58 bits per heavy atom. The van der Waals surface area contributed by atoms with Crippen molar-refractivity contribution in [1.82, 2.24) is 0 Å². The summed E-state index contributed by atoms with van der Waals surface area (Å²) in [4.78, 5) is 0. The minimum atomic E-state index is -0.935. The van der Waals surface area contributed by atoms with E-state index in [9.17, 15) is 9.50 Å². The minimum absolute atomic E-state index is 0.250. The van der Waals surface area contributed by atoms with Gasteiger partial charge in [-0.2, -0.15) is 0 Å². The van der Waals surface area contributed by atoms with Gasteiger partial charge >= 0.3 is 0 Å². The Kier molecular flexibility index (Phi) is 4.85. The Morgan fingerprint density at radius 2 is 1.89 bits per heavy atom. The van der Waals surface area contributed by atoms with E-state index in [1.165, 1.54) is 0 Å². The fourth-order valence-electron chi connectivity index (χ4n) is 1.78. The smallest absolute Gasteiger partial charge is 0.143 e. The zero-order valence-electron chi connectivity index (χ0n) is 9.71. The fraction of sp³-hybridized carbons (Fsp3) is 0.143. The van der Waals surface area contributed by atoms with Gasteiger partial charge in [-0.1, -0.05) is 41.4 Å². The molecule has 1 unspecified atom stereocenters. The third kappa shape index (κ3) is 3.48. The van der Waals surface area contributed by atoms with E-state index >= 15 is 0 Å². The van der Waals surface area contributed by atoms with Crippen LogP contribution in [-0.4, -0.2) is 5.11 Å².